The minimum Gasteiger partial charge on any atom is -0.307 e. The molecule has 16 heavy (non-hydrogen) atoms. The van der Waals surface area contributed by atoms with Crippen molar-refractivity contribution in [2.75, 3.05) is 0 Å². The number of para-hydroxylation sites is 1. The molecule has 0 spiro atoms. The average molecular weight is 346 g/mol. The Hall–Kier alpha value is -0.550. The van der Waals surface area contributed by atoms with E-state index in [1.165, 1.54) is 5.56 Å². The number of pyridine rings is 1. The van der Waals surface area contributed by atoms with Crippen LogP contribution in [0.5, 0.6) is 0 Å². The molecule has 2 heterocycles. The van der Waals surface area contributed by atoms with Crippen molar-refractivity contribution < 1.29 is 0 Å². The molecule has 3 rings (SSSR count). The zero-order valence-corrected chi connectivity index (χ0v) is 11.4. The van der Waals surface area contributed by atoms with Crippen molar-refractivity contribution in [1.82, 2.24) is 4.57 Å². The second kappa shape index (κ2) is 3.74. The van der Waals surface area contributed by atoms with Gasteiger partial charge in [-0.3, -0.25) is 4.79 Å². The van der Waals surface area contributed by atoms with Crippen molar-refractivity contribution in [2.45, 2.75) is 19.4 Å². The fraction of sp³-hybridized carbons (Fsp3) is 0.250. The number of nitrogens with zero attached hydrogens (tertiary/aromatic N) is 1. The second-order valence-electron chi connectivity index (χ2n) is 4.00. The molecule has 1 aliphatic rings. The SMILES string of the molecule is O=c1c(I)c(Cl)c2cccc3c2n1CCC3. The summed E-state index contributed by atoms with van der Waals surface area (Å²) in [4.78, 5) is 12.1. The number of aromatic nitrogens is 1. The lowest BCUT2D eigenvalue weighted by Crippen LogP contribution is -2.26. The molecular weight excluding hydrogens is 336 g/mol. The zero-order chi connectivity index (χ0) is 11.3. The Morgan fingerprint density at radius 3 is 3.00 bits per heavy atom. The van der Waals surface area contributed by atoms with Crippen LogP contribution in [0, 0.1) is 3.57 Å². The molecule has 82 valence electrons. The van der Waals surface area contributed by atoms with E-state index in [2.05, 4.69) is 6.07 Å². The van der Waals surface area contributed by atoms with Crippen LogP contribution in [0.1, 0.15) is 12.0 Å². The van der Waals surface area contributed by atoms with E-state index in [0.717, 1.165) is 30.3 Å². The second-order valence-corrected chi connectivity index (χ2v) is 5.46. The third-order valence-corrected chi connectivity index (χ3v) is 4.79. The third kappa shape index (κ3) is 1.34. The number of hydrogen-bond acceptors (Lipinski definition) is 1. The minimum absolute atomic E-state index is 0.0465. The van der Waals surface area contributed by atoms with E-state index in [4.69, 9.17) is 11.6 Å². The van der Waals surface area contributed by atoms with Crippen molar-refractivity contribution in [3.63, 3.8) is 0 Å². The molecule has 0 atom stereocenters. The van der Waals surface area contributed by atoms with E-state index in [1.807, 2.05) is 39.3 Å². The van der Waals surface area contributed by atoms with Gasteiger partial charge in [0.2, 0.25) is 0 Å². The first-order valence-corrected chi connectivity index (χ1v) is 6.65. The van der Waals surface area contributed by atoms with Crippen LogP contribution in [0.3, 0.4) is 0 Å². The molecular formula is C12H9ClINO. The van der Waals surface area contributed by atoms with Gasteiger partial charge >= 0.3 is 0 Å². The van der Waals surface area contributed by atoms with Crippen LogP contribution in [0.15, 0.2) is 23.0 Å². The fourth-order valence-electron chi connectivity index (χ4n) is 2.36. The van der Waals surface area contributed by atoms with E-state index < -0.39 is 0 Å². The highest BCUT2D eigenvalue weighted by Gasteiger charge is 2.18. The van der Waals surface area contributed by atoms with Crippen LogP contribution >= 0.6 is 34.2 Å². The van der Waals surface area contributed by atoms with Crippen LogP contribution in [0.25, 0.3) is 10.9 Å². The fourth-order valence-corrected chi connectivity index (χ4v) is 3.18. The molecule has 2 nitrogen and oxygen atoms in total. The molecule has 0 saturated heterocycles. The van der Waals surface area contributed by atoms with Crippen LogP contribution in [-0.4, -0.2) is 4.57 Å². The lowest BCUT2D eigenvalue weighted by Gasteiger charge is -2.20. The van der Waals surface area contributed by atoms with E-state index >= 15 is 0 Å². The Labute approximate surface area is 111 Å². The molecule has 0 amide bonds. The van der Waals surface area contributed by atoms with Crippen LogP contribution < -0.4 is 5.56 Å². The van der Waals surface area contributed by atoms with Gasteiger partial charge in [0, 0.05) is 11.9 Å². The molecule has 1 aromatic carbocycles. The maximum atomic E-state index is 12.1. The third-order valence-electron chi connectivity index (χ3n) is 3.08. The predicted molar refractivity (Wildman–Crippen MR) is 74.3 cm³/mol. The Morgan fingerprint density at radius 1 is 1.38 bits per heavy atom. The number of benzene rings is 1. The summed E-state index contributed by atoms with van der Waals surface area (Å²) < 4.78 is 2.49. The summed E-state index contributed by atoms with van der Waals surface area (Å²) in [6.45, 7) is 0.805. The van der Waals surface area contributed by atoms with Gasteiger partial charge in [0.05, 0.1) is 14.1 Å². The summed E-state index contributed by atoms with van der Waals surface area (Å²) in [7, 11) is 0. The monoisotopic (exact) mass is 345 g/mol. The van der Waals surface area contributed by atoms with Crippen molar-refractivity contribution in [3.05, 3.63) is 42.7 Å². The maximum Gasteiger partial charge on any atom is 0.266 e. The lowest BCUT2D eigenvalue weighted by atomic mass is 10.0. The first-order chi connectivity index (χ1) is 7.70. The smallest absolute Gasteiger partial charge is 0.266 e. The Bertz CT molecular complexity index is 647. The number of hydrogen-bond donors (Lipinski definition) is 0. The summed E-state index contributed by atoms with van der Waals surface area (Å²) in [6.07, 6.45) is 2.07. The Balaban J connectivity index is 2.62. The van der Waals surface area contributed by atoms with Gasteiger partial charge in [-0.1, -0.05) is 29.8 Å². The molecule has 0 N–H and O–H groups in total. The molecule has 0 fully saturated rings. The molecule has 2 aromatic rings. The van der Waals surface area contributed by atoms with E-state index in [-0.39, 0.29) is 5.56 Å². The molecule has 0 bridgehead atoms. The lowest BCUT2D eigenvalue weighted by molar-refractivity contribution is 0.614. The zero-order valence-electron chi connectivity index (χ0n) is 8.46. The predicted octanol–water partition coefficient (Wildman–Crippen LogP) is 3.21. The average Bonchev–Trinajstić information content (AvgIpc) is 2.33. The molecule has 0 unspecified atom stereocenters. The minimum atomic E-state index is 0.0465. The summed E-state index contributed by atoms with van der Waals surface area (Å²) in [5, 5.41) is 1.60. The van der Waals surface area contributed by atoms with E-state index in [1.54, 1.807) is 0 Å². The molecule has 4 heteroatoms. The van der Waals surface area contributed by atoms with Crippen LogP contribution in [-0.2, 0) is 13.0 Å². The van der Waals surface area contributed by atoms with Gasteiger partial charge in [-0.25, -0.2) is 0 Å². The highest BCUT2D eigenvalue weighted by Crippen LogP contribution is 2.30. The molecule has 1 aromatic heterocycles. The van der Waals surface area contributed by atoms with Crippen LogP contribution in [0.2, 0.25) is 5.02 Å². The highest BCUT2D eigenvalue weighted by atomic mass is 127. The molecule has 0 saturated carbocycles. The standard InChI is InChI=1S/C12H9ClINO/c13-9-8-5-1-3-7-4-2-6-15(11(7)8)12(16)10(9)14/h1,3,5H,2,4,6H2. The molecule has 1 aliphatic heterocycles. The quantitative estimate of drug-likeness (QED) is 0.672. The van der Waals surface area contributed by atoms with Crippen molar-refractivity contribution in [3.8, 4) is 0 Å². The van der Waals surface area contributed by atoms with Gasteiger partial charge in [0.25, 0.3) is 5.56 Å². The van der Waals surface area contributed by atoms with Gasteiger partial charge < -0.3 is 4.57 Å². The molecule has 0 radical (unpaired) electrons. The molecule has 0 aliphatic carbocycles. The summed E-state index contributed by atoms with van der Waals surface area (Å²) in [6, 6.07) is 6.09. The van der Waals surface area contributed by atoms with Gasteiger partial charge in [0.1, 0.15) is 0 Å². The van der Waals surface area contributed by atoms with Crippen molar-refractivity contribution >= 4 is 45.1 Å². The maximum absolute atomic E-state index is 12.1. The topological polar surface area (TPSA) is 22.0 Å². The van der Waals surface area contributed by atoms with Crippen LogP contribution in [0.4, 0.5) is 0 Å². The van der Waals surface area contributed by atoms with Gasteiger partial charge in [-0.2, -0.15) is 0 Å². The summed E-state index contributed by atoms with van der Waals surface area (Å²) in [5.41, 5.74) is 2.31. The number of rotatable bonds is 0. The normalized spacial score (nSPS) is 14.4. The Kier molecular flexibility index (Phi) is 2.47. The van der Waals surface area contributed by atoms with Crippen molar-refractivity contribution in [2.24, 2.45) is 0 Å². The van der Waals surface area contributed by atoms with E-state index in [9.17, 15) is 4.79 Å². The van der Waals surface area contributed by atoms with Crippen molar-refractivity contribution in [1.29, 1.82) is 0 Å². The number of halogens is 2. The summed E-state index contributed by atoms with van der Waals surface area (Å²) in [5.74, 6) is 0. The number of aryl methyl sites for hydroxylation is 2. The van der Waals surface area contributed by atoms with Gasteiger partial charge in [-0.15, -0.1) is 0 Å². The van der Waals surface area contributed by atoms with Gasteiger partial charge in [-0.05, 0) is 41.0 Å². The first kappa shape index (κ1) is 10.6. The highest BCUT2D eigenvalue weighted by molar-refractivity contribution is 14.1. The largest absolute Gasteiger partial charge is 0.307 e. The first-order valence-electron chi connectivity index (χ1n) is 5.19. The Morgan fingerprint density at radius 2 is 2.19 bits per heavy atom. The van der Waals surface area contributed by atoms with E-state index in [0.29, 0.717) is 8.59 Å². The summed E-state index contributed by atoms with van der Waals surface area (Å²) >= 11 is 8.27. The van der Waals surface area contributed by atoms with Gasteiger partial charge in [0.15, 0.2) is 0 Å².